The lowest BCUT2D eigenvalue weighted by molar-refractivity contribution is 0.281. The van der Waals surface area contributed by atoms with Crippen molar-refractivity contribution in [3.63, 3.8) is 0 Å². The fraction of sp³-hybridized carbons (Fsp3) is 0.176. The van der Waals surface area contributed by atoms with Crippen molar-refractivity contribution >= 4 is 26.8 Å². The van der Waals surface area contributed by atoms with Gasteiger partial charge < -0.3 is 14.0 Å². The molecule has 3 aromatic rings. The Hall–Kier alpha value is -1.94. The highest BCUT2D eigenvalue weighted by Crippen LogP contribution is 2.26. The monoisotopic (exact) mass is 345 g/mol. The molecular weight excluding hydrogens is 330 g/mol. The normalized spacial score (nSPS) is 10.8. The molecule has 4 heteroatoms. The first kappa shape index (κ1) is 14.0. The number of methoxy groups -OCH3 is 1. The maximum atomic E-state index is 5.82. The number of aromatic nitrogens is 1. The van der Waals surface area contributed by atoms with Gasteiger partial charge in [-0.25, -0.2) is 0 Å². The van der Waals surface area contributed by atoms with E-state index in [0.29, 0.717) is 6.61 Å². The third-order valence-corrected chi connectivity index (χ3v) is 3.89. The number of rotatable bonds is 5. The number of hydrogen-bond acceptors (Lipinski definition) is 2. The van der Waals surface area contributed by atoms with E-state index < -0.39 is 0 Å². The van der Waals surface area contributed by atoms with Crippen LogP contribution >= 0.6 is 15.9 Å². The van der Waals surface area contributed by atoms with E-state index in [1.807, 2.05) is 24.3 Å². The summed E-state index contributed by atoms with van der Waals surface area (Å²) in [6.07, 6.45) is 2.09. The first-order valence-electron chi connectivity index (χ1n) is 6.78. The Labute approximate surface area is 132 Å². The summed E-state index contributed by atoms with van der Waals surface area (Å²) < 4.78 is 14.4. The number of para-hydroxylation sites is 2. The molecule has 0 spiro atoms. The lowest BCUT2D eigenvalue weighted by atomic mass is 10.2. The molecule has 0 aliphatic rings. The van der Waals surface area contributed by atoms with E-state index in [-0.39, 0.29) is 0 Å². The van der Waals surface area contributed by atoms with Crippen LogP contribution in [-0.2, 0) is 6.54 Å². The lowest BCUT2D eigenvalue weighted by Crippen LogP contribution is -2.07. The highest BCUT2D eigenvalue weighted by molar-refractivity contribution is 9.10. The van der Waals surface area contributed by atoms with Crippen molar-refractivity contribution in [2.75, 3.05) is 13.7 Å². The zero-order valence-electron chi connectivity index (χ0n) is 11.8. The van der Waals surface area contributed by atoms with E-state index >= 15 is 0 Å². The average molecular weight is 346 g/mol. The third-order valence-electron chi connectivity index (χ3n) is 3.39. The summed E-state index contributed by atoms with van der Waals surface area (Å²) in [5.41, 5.74) is 1.20. The minimum atomic E-state index is 0.594. The molecular formula is C17H16BrNO2. The molecule has 0 saturated carbocycles. The number of ether oxygens (including phenoxy) is 2. The van der Waals surface area contributed by atoms with Crippen LogP contribution in [0, 0.1) is 0 Å². The molecule has 1 aromatic heterocycles. The van der Waals surface area contributed by atoms with Crippen LogP contribution in [0.3, 0.4) is 0 Å². The molecule has 0 amide bonds. The van der Waals surface area contributed by atoms with Gasteiger partial charge in [-0.1, -0.05) is 34.1 Å². The number of hydrogen-bond donors (Lipinski definition) is 0. The van der Waals surface area contributed by atoms with Gasteiger partial charge in [-0.05, 0) is 35.7 Å². The van der Waals surface area contributed by atoms with Gasteiger partial charge in [0.2, 0.25) is 0 Å². The Morgan fingerprint density at radius 2 is 1.86 bits per heavy atom. The fourth-order valence-corrected chi connectivity index (χ4v) is 2.69. The Morgan fingerprint density at radius 1 is 1.05 bits per heavy atom. The van der Waals surface area contributed by atoms with Gasteiger partial charge in [-0.2, -0.15) is 0 Å². The zero-order valence-corrected chi connectivity index (χ0v) is 13.3. The number of nitrogens with zero attached hydrogens (tertiary/aromatic N) is 1. The molecule has 0 aliphatic heterocycles. The van der Waals surface area contributed by atoms with Crippen LogP contribution in [-0.4, -0.2) is 18.3 Å². The minimum absolute atomic E-state index is 0.594. The molecule has 0 fully saturated rings. The molecule has 3 rings (SSSR count). The topological polar surface area (TPSA) is 23.4 Å². The standard InChI is InChI=1S/C17H16BrNO2/c1-20-16-4-2-3-5-17(16)21-11-10-19-9-8-13-6-7-14(18)12-15(13)19/h2-9,12H,10-11H2,1H3. The van der Waals surface area contributed by atoms with Crippen molar-refractivity contribution < 1.29 is 9.47 Å². The summed E-state index contributed by atoms with van der Waals surface area (Å²) in [4.78, 5) is 0. The van der Waals surface area contributed by atoms with Crippen LogP contribution in [0.25, 0.3) is 10.9 Å². The molecule has 3 nitrogen and oxygen atoms in total. The van der Waals surface area contributed by atoms with Gasteiger partial charge in [0.05, 0.1) is 13.7 Å². The fourth-order valence-electron chi connectivity index (χ4n) is 2.34. The second kappa shape index (κ2) is 6.22. The third kappa shape index (κ3) is 3.05. The molecule has 0 aliphatic carbocycles. The van der Waals surface area contributed by atoms with Crippen molar-refractivity contribution in [1.82, 2.24) is 4.57 Å². The van der Waals surface area contributed by atoms with E-state index in [9.17, 15) is 0 Å². The van der Waals surface area contributed by atoms with Crippen molar-refractivity contribution in [1.29, 1.82) is 0 Å². The van der Waals surface area contributed by atoms with Gasteiger partial charge in [-0.15, -0.1) is 0 Å². The van der Waals surface area contributed by atoms with Crippen LogP contribution in [0.4, 0.5) is 0 Å². The van der Waals surface area contributed by atoms with Gasteiger partial charge in [-0.3, -0.25) is 0 Å². The maximum Gasteiger partial charge on any atom is 0.161 e. The molecule has 0 radical (unpaired) electrons. The number of benzene rings is 2. The minimum Gasteiger partial charge on any atom is -0.493 e. The Morgan fingerprint density at radius 3 is 2.67 bits per heavy atom. The second-order valence-electron chi connectivity index (χ2n) is 4.71. The number of fused-ring (bicyclic) bond motifs is 1. The molecule has 108 valence electrons. The van der Waals surface area contributed by atoms with Gasteiger partial charge in [0, 0.05) is 16.2 Å². The average Bonchev–Trinajstić information content (AvgIpc) is 2.90. The largest absolute Gasteiger partial charge is 0.493 e. The SMILES string of the molecule is COc1ccccc1OCCn1ccc2ccc(Br)cc21. The molecule has 0 unspecified atom stereocenters. The van der Waals surface area contributed by atoms with Crippen molar-refractivity contribution in [2.45, 2.75) is 6.54 Å². The van der Waals surface area contributed by atoms with E-state index in [4.69, 9.17) is 9.47 Å². The zero-order chi connectivity index (χ0) is 14.7. The Bertz CT molecular complexity index is 751. The van der Waals surface area contributed by atoms with E-state index in [0.717, 1.165) is 22.5 Å². The van der Waals surface area contributed by atoms with Gasteiger partial charge in [0.15, 0.2) is 11.5 Å². The molecule has 0 bridgehead atoms. The quantitative estimate of drug-likeness (QED) is 0.679. The summed E-state index contributed by atoms with van der Waals surface area (Å²) in [6, 6.07) is 16.1. The number of halogens is 1. The molecule has 0 saturated heterocycles. The van der Waals surface area contributed by atoms with Crippen molar-refractivity contribution in [3.05, 3.63) is 59.2 Å². The van der Waals surface area contributed by atoms with E-state index in [2.05, 4.69) is 51.0 Å². The van der Waals surface area contributed by atoms with E-state index in [1.54, 1.807) is 7.11 Å². The summed E-state index contributed by atoms with van der Waals surface area (Å²) in [7, 11) is 1.65. The summed E-state index contributed by atoms with van der Waals surface area (Å²) in [5, 5.41) is 1.23. The summed E-state index contributed by atoms with van der Waals surface area (Å²) in [6.45, 7) is 1.38. The predicted molar refractivity (Wildman–Crippen MR) is 88.1 cm³/mol. The smallest absolute Gasteiger partial charge is 0.161 e. The van der Waals surface area contributed by atoms with Gasteiger partial charge in [0.25, 0.3) is 0 Å². The molecule has 21 heavy (non-hydrogen) atoms. The summed E-state index contributed by atoms with van der Waals surface area (Å²) in [5.74, 6) is 1.54. The van der Waals surface area contributed by atoms with Crippen molar-refractivity contribution in [3.8, 4) is 11.5 Å². The maximum absolute atomic E-state index is 5.82. The van der Waals surface area contributed by atoms with Crippen LogP contribution in [0.1, 0.15) is 0 Å². The molecule has 0 atom stereocenters. The highest BCUT2D eigenvalue weighted by Gasteiger charge is 2.04. The lowest BCUT2D eigenvalue weighted by Gasteiger charge is -2.11. The van der Waals surface area contributed by atoms with Crippen molar-refractivity contribution in [2.24, 2.45) is 0 Å². The first-order chi connectivity index (χ1) is 10.3. The first-order valence-corrected chi connectivity index (χ1v) is 7.57. The van der Waals surface area contributed by atoms with Crippen LogP contribution < -0.4 is 9.47 Å². The summed E-state index contributed by atoms with van der Waals surface area (Å²) >= 11 is 3.51. The Balaban J connectivity index is 1.71. The second-order valence-corrected chi connectivity index (χ2v) is 5.63. The highest BCUT2D eigenvalue weighted by atomic mass is 79.9. The van der Waals surface area contributed by atoms with Crippen LogP contribution in [0.2, 0.25) is 0 Å². The predicted octanol–water partition coefficient (Wildman–Crippen LogP) is 4.49. The van der Waals surface area contributed by atoms with E-state index in [1.165, 1.54) is 10.9 Å². The molecule has 2 aromatic carbocycles. The molecule has 0 N–H and O–H groups in total. The van der Waals surface area contributed by atoms with Gasteiger partial charge >= 0.3 is 0 Å². The van der Waals surface area contributed by atoms with Crippen LogP contribution in [0.15, 0.2) is 59.2 Å². The van der Waals surface area contributed by atoms with Gasteiger partial charge in [0.1, 0.15) is 6.61 Å². The Kier molecular flexibility index (Phi) is 4.15. The molecule has 1 heterocycles. The van der Waals surface area contributed by atoms with Crippen LogP contribution in [0.5, 0.6) is 11.5 Å².